The second kappa shape index (κ2) is 10.9. The number of ether oxygens (including phenoxy) is 4. The molecule has 6 nitrogen and oxygen atoms in total. The van der Waals surface area contributed by atoms with Crippen LogP contribution in [0, 0.1) is 0 Å². The molecule has 0 spiro atoms. The Balaban J connectivity index is 2.51. The lowest BCUT2D eigenvalue weighted by Crippen LogP contribution is -2.13. The van der Waals surface area contributed by atoms with Crippen molar-refractivity contribution in [3.63, 3.8) is 0 Å². The second-order valence-electron chi connectivity index (χ2n) is 7.94. The third-order valence-electron chi connectivity index (χ3n) is 4.68. The Labute approximate surface area is 185 Å². The molecule has 0 radical (unpaired) electrons. The van der Waals surface area contributed by atoms with Crippen LogP contribution in [0.4, 0.5) is 5.69 Å². The predicted molar refractivity (Wildman–Crippen MR) is 124 cm³/mol. The standard InChI is InChI=1S/C25H35NO5/c1-9-18-10-21(25(31-16(4)5)22(11-18)28-7)26-14-20-12-19(17(6)27)13-23(29-8)24(20)30-15(2)3/h10-13,15-16,26H,9,14H2,1-8H3. The summed E-state index contributed by atoms with van der Waals surface area (Å²) < 4.78 is 23.2. The van der Waals surface area contributed by atoms with E-state index < -0.39 is 0 Å². The van der Waals surface area contributed by atoms with Gasteiger partial charge in [-0.25, -0.2) is 0 Å². The number of anilines is 1. The highest BCUT2D eigenvalue weighted by Crippen LogP contribution is 2.39. The Morgan fingerprint density at radius 3 is 2.00 bits per heavy atom. The number of methoxy groups -OCH3 is 2. The smallest absolute Gasteiger partial charge is 0.184 e. The average Bonchev–Trinajstić information content (AvgIpc) is 2.72. The van der Waals surface area contributed by atoms with Crippen LogP contribution in [0.3, 0.4) is 0 Å². The lowest BCUT2D eigenvalue weighted by molar-refractivity contribution is 0.101. The molecule has 0 bridgehead atoms. The fourth-order valence-corrected chi connectivity index (χ4v) is 3.21. The molecule has 2 aromatic carbocycles. The van der Waals surface area contributed by atoms with Crippen LogP contribution in [0.15, 0.2) is 24.3 Å². The van der Waals surface area contributed by atoms with E-state index in [4.69, 9.17) is 18.9 Å². The van der Waals surface area contributed by atoms with Gasteiger partial charge in [0.05, 0.1) is 32.1 Å². The molecule has 1 N–H and O–H groups in total. The predicted octanol–water partition coefficient (Wildman–Crippen LogP) is 5.66. The summed E-state index contributed by atoms with van der Waals surface area (Å²) in [7, 11) is 3.22. The first kappa shape index (κ1) is 24.4. The Morgan fingerprint density at radius 1 is 0.903 bits per heavy atom. The summed E-state index contributed by atoms with van der Waals surface area (Å²) in [5, 5.41) is 3.46. The van der Waals surface area contributed by atoms with Gasteiger partial charge in [-0.1, -0.05) is 6.92 Å². The van der Waals surface area contributed by atoms with Gasteiger partial charge >= 0.3 is 0 Å². The number of aryl methyl sites for hydroxylation is 1. The molecular weight excluding hydrogens is 394 g/mol. The van der Waals surface area contributed by atoms with Crippen LogP contribution < -0.4 is 24.3 Å². The third kappa shape index (κ3) is 6.29. The molecule has 0 aliphatic carbocycles. The van der Waals surface area contributed by atoms with Crippen molar-refractivity contribution >= 4 is 11.5 Å². The molecule has 0 aliphatic heterocycles. The first-order valence-electron chi connectivity index (χ1n) is 10.7. The van der Waals surface area contributed by atoms with Gasteiger partial charge < -0.3 is 24.3 Å². The van der Waals surface area contributed by atoms with Crippen LogP contribution in [-0.2, 0) is 13.0 Å². The lowest BCUT2D eigenvalue weighted by Gasteiger charge is -2.22. The lowest BCUT2D eigenvalue weighted by atomic mass is 10.0. The van der Waals surface area contributed by atoms with Gasteiger partial charge in [0.25, 0.3) is 0 Å². The Kier molecular flexibility index (Phi) is 8.60. The molecule has 0 fully saturated rings. The molecule has 0 heterocycles. The molecule has 0 atom stereocenters. The summed E-state index contributed by atoms with van der Waals surface area (Å²) in [4.78, 5) is 12.1. The molecule has 0 amide bonds. The first-order chi connectivity index (χ1) is 14.7. The van der Waals surface area contributed by atoms with Crippen molar-refractivity contribution in [3.05, 3.63) is 41.0 Å². The number of carbonyl (C=O) groups excluding carboxylic acids is 1. The quantitative estimate of drug-likeness (QED) is 0.465. The second-order valence-corrected chi connectivity index (χ2v) is 7.94. The summed E-state index contributed by atoms with van der Waals surface area (Å²) in [6, 6.07) is 7.63. The largest absolute Gasteiger partial charge is 0.493 e. The number of Topliss-reactive ketones (excluding diaryl/α,β-unsaturated/α-hetero) is 1. The zero-order valence-electron chi connectivity index (χ0n) is 19.9. The van der Waals surface area contributed by atoms with Crippen molar-refractivity contribution in [1.82, 2.24) is 0 Å². The van der Waals surface area contributed by atoms with E-state index in [1.807, 2.05) is 39.8 Å². The van der Waals surface area contributed by atoms with Crippen LogP contribution in [0.5, 0.6) is 23.0 Å². The van der Waals surface area contributed by atoms with E-state index in [2.05, 4.69) is 18.3 Å². The summed E-state index contributed by atoms with van der Waals surface area (Å²) >= 11 is 0. The maximum atomic E-state index is 12.1. The van der Waals surface area contributed by atoms with E-state index in [0.29, 0.717) is 35.1 Å². The summed E-state index contributed by atoms with van der Waals surface area (Å²) in [6.07, 6.45) is 0.810. The fourth-order valence-electron chi connectivity index (χ4n) is 3.21. The van der Waals surface area contributed by atoms with Crippen LogP contribution in [0.1, 0.15) is 63.0 Å². The minimum absolute atomic E-state index is 0.0112. The number of hydrogen-bond acceptors (Lipinski definition) is 6. The summed E-state index contributed by atoms with van der Waals surface area (Å²) in [5.74, 6) is 2.48. The van der Waals surface area contributed by atoms with Gasteiger partial charge in [-0.05, 0) is 70.9 Å². The monoisotopic (exact) mass is 429 g/mol. The van der Waals surface area contributed by atoms with Gasteiger partial charge in [0.2, 0.25) is 0 Å². The topological polar surface area (TPSA) is 66.0 Å². The van der Waals surface area contributed by atoms with Crippen LogP contribution in [0.2, 0.25) is 0 Å². The van der Waals surface area contributed by atoms with E-state index in [1.165, 1.54) is 0 Å². The van der Waals surface area contributed by atoms with Gasteiger partial charge in [-0.15, -0.1) is 0 Å². The first-order valence-corrected chi connectivity index (χ1v) is 10.7. The van der Waals surface area contributed by atoms with Crippen LogP contribution in [0.25, 0.3) is 0 Å². The minimum Gasteiger partial charge on any atom is -0.493 e. The number of rotatable bonds is 11. The van der Waals surface area contributed by atoms with Crippen molar-refractivity contribution in [2.75, 3.05) is 19.5 Å². The molecule has 0 aliphatic rings. The van der Waals surface area contributed by atoms with Gasteiger partial charge in [0, 0.05) is 17.7 Å². The van der Waals surface area contributed by atoms with Crippen LogP contribution in [-0.4, -0.2) is 32.2 Å². The van der Waals surface area contributed by atoms with E-state index in [-0.39, 0.29) is 18.0 Å². The van der Waals surface area contributed by atoms with Gasteiger partial charge in [-0.3, -0.25) is 4.79 Å². The molecular formula is C25H35NO5. The molecule has 2 aromatic rings. The molecule has 6 heteroatoms. The number of carbonyl (C=O) groups is 1. The highest BCUT2D eigenvalue weighted by Gasteiger charge is 2.19. The maximum absolute atomic E-state index is 12.1. The molecule has 0 saturated carbocycles. The van der Waals surface area contributed by atoms with Gasteiger partial charge in [-0.2, -0.15) is 0 Å². The van der Waals surface area contributed by atoms with Crippen molar-refractivity contribution in [1.29, 1.82) is 0 Å². The van der Waals surface area contributed by atoms with Crippen molar-refractivity contribution in [3.8, 4) is 23.0 Å². The summed E-state index contributed by atoms with van der Waals surface area (Å²) in [6.45, 7) is 11.9. The highest BCUT2D eigenvalue weighted by molar-refractivity contribution is 5.95. The van der Waals surface area contributed by atoms with E-state index in [9.17, 15) is 4.79 Å². The number of nitrogens with one attached hydrogen (secondary N) is 1. The number of hydrogen-bond donors (Lipinski definition) is 1. The minimum atomic E-state index is -0.0424. The number of benzene rings is 2. The molecule has 0 unspecified atom stereocenters. The van der Waals surface area contributed by atoms with Crippen molar-refractivity contribution in [2.45, 2.75) is 66.7 Å². The van der Waals surface area contributed by atoms with E-state index >= 15 is 0 Å². The number of ketones is 1. The van der Waals surface area contributed by atoms with Crippen molar-refractivity contribution in [2.24, 2.45) is 0 Å². The molecule has 0 saturated heterocycles. The molecule has 170 valence electrons. The molecule has 2 rings (SSSR count). The normalized spacial score (nSPS) is 10.9. The average molecular weight is 430 g/mol. The van der Waals surface area contributed by atoms with E-state index in [1.54, 1.807) is 27.2 Å². The van der Waals surface area contributed by atoms with Gasteiger partial charge in [0.15, 0.2) is 28.8 Å². The Hall–Kier alpha value is -2.89. The zero-order chi connectivity index (χ0) is 23.1. The fraction of sp³-hybridized carbons (Fsp3) is 0.480. The van der Waals surface area contributed by atoms with E-state index in [0.717, 1.165) is 23.2 Å². The third-order valence-corrected chi connectivity index (χ3v) is 4.68. The Bertz CT molecular complexity index is 905. The van der Waals surface area contributed by atoms with Gasteiger partial charge in [0.1, 0.15) is 0 Å². The van der Waals surface area contributed by atoms with Crippen LogP contribution >= 0.6 is 0 Å². The zero-order valence-corrected chi connectivity index (χ0v) is 19.9. The Morgan fingerprint density at radius 2 is 1.48 bits per heavy atom. The summed E-state index contributed by atoms with van der Waals surface area (Å²) in [5.41, 5.74) is 3.36. The highest BCUT2D eigenvalue weighted by atomic mass is 16.5. The maximum Gasteiger partial charge on any atom is 0.184 e. The molecule has 31 heavy (non-hydrogen) atoms. The molecule has 0 aromatic heterocycles. The van der Waals surface area contributed by atoms with Crippen molar-refractivity contribution < 1.29 is 23.7 Å². The SMILES string of the molecule is CCc1cc(NCc2cc(C(C)=O)cc(OC)c2OC(C)C)c(OC(C)C)c(OC)c1.